The number of rotatable bonds is 2. The molecule has 2 heteroatoms. The molecule has 0 rings (SSSR count). The highest BCUT2D eigenvalue weighted by atomic mass is 14.5. The van der Waals surface area contributed by atoms with Gasteiger partial charge in [0.15, 0.2) is 0 Å². The van der Waals surface area contributed by atoms with Crippen LogP contribution >= 0.6 is 0 Å². The van der Waals surface area contributed by atoms with Gasteiger partial charge in [0.1, 0.15) is 0 Å². The molecule has 0 aromatic heterocycles. The van der Waals surface area contributed by atoms with Crippen molar-refractivity contribution < 1.29 is 0 Å². The third-order valence-electron chi connectivity index (χ3n) is 1.28. The van der Waals surface area contributed by atoms with E-state index in [1.54, 1.807) is 19.1 Å². The van der Waals surface area contributed by atoms with Gasteiger partial charge in [0.05, 0.1) is 6.07 Å². The molecule has 0 heterocycles. The molecular weight excluding hydrogens is 136 g/mol. The fraction of sp³-hybridized carbons (Fsp3) is 0.444. The van der Waals surface area contributed by atoms with Crippen LogP contribution in [0.1, 0.15) is 20.8 Å². The lowest BCUT2D eigenvalue weighted by Crippen LogP contribution is -1.92. The fourth-order valence-electron chi connectivity index (χ4n) is 0.580. The summed E-state index contributed by atoms with van der Waals surface area (Å²) in [6.45, 7) is 5.76. The molecule has 0 fully saturated rings. The Morgan fingerprint density at radius 3 is 2.27 bits per heavy atom. The van der Waals surface area contributed by atoms with Crippen molar-refractivity contribution >= 4 is 0 Å². The summed E-state index contributed by atoms with van der Waals surface area (Å²) in [5.74, 6) is 0.274. The SMILES string of the molecule is C/C(N)=C/C=C(/C#N)C(C)C. The molecule has 0 aliphatic rings. The minimum Gasteiger partial charge on any atom is -0.402 e. The Bertz CT molecular complexity index is 212. The summed E-state index contributed by atoms with van der Waals surface area (Å²) in [4.78, 5) is 0. The molecule has 0 saturated carbocycles. The van der Waals surface area contributed by atoms with Gasteiger partial charge in [-0.15, -0.1) is 0 Å². The Labute approximate surface area is 68.0 Å². The van der Waals surface area contributed by atoms with Crippen LogP contribution in [0.5, 0.6) is 0 Å². The van der Waals surface area contributed by atoms with E-state index in [0.717, 1.165) is 11.3 Å². The molecule has 0 spiro atoms. The van der Waals surface area contributed by atoms with E-state index in [2.05, 4.69) is 6.07 Å². The van der Waals surface area contributed by atoms with Crippen LogP contribution in [-0.4, -0.2) is 0 Å². The van der Waals surface area contributed by atoms with Crippen LogP contribution in [0, 0.1) is 17.2 Å². The highest BCUT2D eigenvalue weighted by Crippen LogP contribution is 2.07. The molecule has 0 aromatic carbocycles. The third-order valence-corrected chi connectivity index (χ3v) is 1.28. The van der Waals surface area contributed by atoms with E-state index in [0.29, 0.717) is 0 Å². The normalized spacial score (nSPS) is 13.4. The zero-order valence-electron chi connectivity index (χ0n) is 7.26. The van der Waals surface area contributed by atoms with Crippen molar-refractivity contribution in [2.75, 3.05) is 0 Å². The number of hydrogen-bond acceptors (Lipinski definition) is 2. The maximum atomic E-state index is 8.62. The fourth-order valence-corrected chi connectivity index (χ4v) is 0.580. The van der Waals surface area contributed by atoms with Crippen LogP contribution in [0.15, 0.2) is 23.4 Å². The molecule has 0 aromatic rings. The van der Waals surface area contributed by atoms with Gasteiger partial charge in [0, 0.05) is 11.3 Å². The topological polar surface area (TPSA) is 49.8 Å². The number of nitrogens with two attached hydrogens (primary N) is 1. The minimum absolute atomic E-state index is 0.274. The van der Waals surface area contributed by atoms with E-state index in [1.807, 2.05) is 13.8 Å². The second-order valence-electron chi connectivity index (χ2n) is 2.80. The lowest BCUT2D eigenvalue weighted by atomic mass is 10.0. The van der Waals surface area contributed by atoms with Gasteiger partial charge in [0.2, 0.25) is 0 Å². The Morgan fingerprint density at radius 1 is 1.45 bits per heavy atom. The summed E-state index contributed by atoms with van der Waals surface area (Å²) in [6, 6.07) is 2.12. The monoisotopic (exact) mass is 150 g/mol. The van der Waals surface area contributed by atoms with Crippen LogP contribution < -0.4 is 5.73 Å². The molecule has 0 bridgehead atoms. The van der Waals surface area contributed by atoms with E-state index in [4.69, 9.17) is 11.0 Å². The highest BCUT2D eigenvalue weighted by molar-refractivity contribution is 5.28. The van der Waals surface area contributed by atoms with Gasteiger partial charge >= 0.3 is 0 Å². The average Bonchev–Trinajstić information content (AvgIpc) is 1.87. The largest absolute Gasteiger partial charge is 0.402 e. The lowest BCUT2D eigenvalue weighted by Gasteiger charge is -1.98. The van der Waals surface area contributed by atoms with Crippen LogP contribution in [0.3, 0.4) is 0 Å². The van der Waals surface area contributed by atoms with Crippen LogP contribution in [0.2, 0.25) is 0 Å². The van der Waals surface area contributed by atoms with Gasteiger partial charge in [-0.25, -0.2) is 0 Å². The second-order valence-corrected chi connectivity index (χ2v) is 2.80. The number of nitrogens with zero attached hydrogens (tertiary/aromatic N) is 1. The van der Waals surface area contributed by atoms with Gasteiger partial charge in [-0.3, -0.25) is 0 Å². The van der Waals surface area contributed by atoms with Gasteiger partial charge in [-0.1, -0.05) is 13.8 Å². The predicted molar refractivity (Wildman–Crippen MR) is 46.5 cm³/mol. The quantitative estimate of drug-likeness (QED) is 0.483. The zero-order valence-corrected chi connectivity index (χ0v) is 7.26. The van der Waals surface area contributed by atoms with E-state index in [9.17, 15) is 0 Å². The van der Waals surface area contributed by atoms with Crippen LogP contribution in [-0.2, 0) is 0 Å². The first kappa shape index (κ1) is 9.77. The maximum Gasteiger partial charge on any atom is 0.0949 e. The summed E-state index contributed by atoms with van der Waals surface area (Å²) in [5.41, 5.74) is 6.88. The van der Waals surface area contributed by atoms with Gasteiger partial charge < -0.3 is 5.73 Å². The van der Waals surface area contributed by atoms with Crippen LogP contribution in [0.4, 0.5) is 0 Å². The Morgan fingerprint density at radius 2 is 2.00 bits per heavy atom. The molecule has 0 radical (unpaired) electrons. The van der Waals surface area contributed by atoms with Crippen molar-refractivity contribution in [2.24, 2.45) is 11.7 Å². The van der Waals surface area contributed by atoms with Gasteiger partial charge in [0.25, 0.3) is 0 Å². The minimum atomic E-state index is 0.274. The molecular formula is C9H14N2. The van der Waals surface area contributed by atoms with Gasteiger partial charge in [-0.05, 0) is 25.0 Å². The maximum absolute atomic E-state index is 8.62. The van der Waals surface area contributed by atoms with Crippen molar-refractivity contribution in [3.8, 4) is 6.07 Å². The Hall–Kier alpha value is -1.23. The molecule has 11 heavy (non-hydrogen) atoms. The van der Waals surface area contributed by atoms with Crippen molar-refractivity contribution in [3.05, 3.63) is 23.4 Å². The molecule has 2 N–H and O–H groups in total. The first-order chi connectivity index (χ1) is 5.07. The summed E-state index contributed by atoms with van der Waals surface area (Å²) >= 11 is 0. The molecule has 2 nitrogen and oxygen atoms in total. The van der Waals surface area contributed by atoms with E-state index >= 15 is 0 Å². The summed E-state index contributed by atoms with van der Waals surface area (Å²) in [6.07, 6.45) is 3.51. The van der Waals surface area contributed by atoms with Crippen molar-refractivity contribution in [3.63, 3.8) is 0 Å². The second kappa shape index (κ2) is 4.56. The van der Waals surface area contributed by atoms with E-state index in [1.165, 1.54) is 0 Å². The third kappa shape index (κ3) is 4.21. The van der Waals surface area contributed by atoms with E-state index < -0.39 is 0 Å². The number of allylic oxidation sites excluding steroid dienone is 4. The molecule has 0 saturated heterocycles. The summed E-state index contributed by atoms with van der Waals surface area (Å²) < 4.78 is 0. The molecule has 0 aliphatic heterocycles. The zero-order chi connectivity index (χ0) is 8.85. The average molecular weight is 150 g/mol. The van der Waals surface area contributed by atoms with Gasteiger partial charge in [-0.2, -0.15) is 5.26 Å². The molecule has 0 unspecified atom stereocenters. The van der Waals surface area contributed by atoms with Crippen LogP contribution in [0.25, 0.3) is 0 Å². The van der Waals surface area contributed by atoms with E-state index in [-0.39, 0.29) is 5.92 Å². The first-order valence-electron chi connectivity index (χ1n) is 3.62. The first-order valence-corrected chi connectivity index (χ1v) is 3.62. The van der Waals surface area contributed by atoms with Crippen molar-refractivity contribution in [1.82, 2.24) is 0 Å². The molecule has 0 atom stereocenters. The molecule has 60 valence electrons. The highest BCUT2D eigenvalue weighted by Gasteiger charge is 1.98. The molecule has 0 amide bonds. The summed E-state index contributed by atoms with van der Waals surface area (Å²) in [5, 5.41) is 8.62. The number of hydrogen-bond donors (Lipinski definition) is 1. The summed E-state index contributed by atoms with van der Waals surface area (Å²) in [7, 11) is 0. The standard InChI is InChI=1S/C9H14N2/c1-7(2)9(6-10)5-4-8(3)11/h4-5,7H,11H2,1-3H3/b8-4-,9-5-. The molecule has 0 aliphatic carbocycles. The lowest BCUT2D eigenvalue weighted by molar-refractivity contribution is 0.795. The number of nitriles is 1. The van der Waals surface area contributed by atoms with Crippen molar-refractivity contribution in [1.29, 1.82) is 5.26 Å². The smallest absolute Gasteiger partial charge is 0.0949 e. The van der Waals surface area contributed by atoms with Crippen molar-refractivity contribution in [2.45, 2.75) is 20.8 Å². The Balaban J connectivity index is 4.41. The Kier molecular flexibility index (Phi) is 4.05. The predicted octanol–water partition coefficient (Wildman–Crippen LogP) is 1.95.